The van der Waals surface area contributed by atoms with Gasteiger partial charge in [-0.05, 0) is 52.0 Å². The van der Waals surface area contributed by atoms with Crippen LogP contribution in [0.4, 0.5) is 4.79 Å². The summed E-state index contributed by atoms with van der Waals surface area (Å²) in [6.45, 7) is 5.01. The lowest BCUT2D eigenvalue weighted by Crippen LogP contribution is -2.43. The number of carboxylic acid groups (broad SMARTS) is 1. The smallest absolute Gasteiger partial charge is 0.408 e. The zero-order chi connectivity index (χ0) is 26.4. The molecular formula is C28H44N2O6. The Bertz CT molecular complexity index is 780. The van der Waals surface area contributed by atoms with Gasteiger partial charge >= 0.3 is 18.0 Å². The molecule has 3 N–H and O–H groups in total. The van der Waals surface area contributed by atoms with E-state index in [4.69, 9.17) is 14.6 Å². The Balaban J connectivity index is 0.000000293. The molecule has 0 unspecified atom stereocenters. The first-order valence-corrected chi connectivity index (χ1v) is 13.3. The molecule has 0 spiro atoms. The zero-order valence-corrected chi connectivity index (χ0v) is 22.1. The van der Waals surface area contributed by atoms with Crippen LogP contribution in [-0.4, -0.2) is 46.9 Å². The van der Waals surface area contributed by atoms with Crippen molar-refractivity contribution in [2.75, 3.05) is 0 Å². The molecular weight excluding hydrogens is 460 g/mol. The second-order valence-corrected chi connectivity index (χ2v) is 10.7. The fourth-order valence-corrected chi connectivity index (χ4v) is 4.53. The third-order valence-corrected chi connectivity index (χ3v) is 6.28. The quantitative estimate of drug-likeness (QED) is 0.410. The molecule has 1 atom stereocenters. The minimum atomic E-state index is -1.41. The third kappa shape index (κ3) is 12.9. The summed E-state index contributed by atoms with van der Waals surface area (Å²) in [5, 5.41) is 15.1. The van der Waals surface area contributed by atoms with Gasteiger partial charge in [0.15, 0.2) is 0 Å². The van der Waals surface area contributed by atoms with Crippen LogP contribution >= 0.6 is 0 Å². The Morgan fingerprint density at radius 1 is 0.917 bits per heavy atom. The molecule has 36 heavy (non-hydrogen) atoms. The molecule has 1 aromatic rings. The van der Waals surface area contributed by atoms with E-state index in [0.29, 0.717) is 0 Å². The highest BCUT2D eigenvalue weighted by atomic mass is 16.6. The first-order valence-electron chi connectivity index (χ1n) is 13.3. The Hall–Kier alpha value is -2.61. The summed E-state index contributed by atoms with van der Waals surface area (Å²) in [7, 11) is 0. The molecule has 0 saturated heterocycles. The van der Waals surface area contributed by atoms with Gasteiger partial charge < -0.3 is 25.2 Å². The standard InChI is InChI=1S/C16H21NO6.C12H23N/c1-16(2,3)23-13(18)9-12(14(19)20)17-15(21)22-10-11-7-5-4-6-8-11;1-3-7-11(8-4-1)13-12-9-5-2-6-10-12/h4-8,12H,9-10H2,1-3H3,(H,17,21)(H,19,20);11-13H,1-10H2/t12-;/m0./s1. The minimum absolute atomic E-state index is 0.00541. The number of hydrogen-bond donors (Lipinski definition) is 3. The number of carbonyl (C=O) groups is 3. The monoisotopic (exact) mass is 504 g/mol. The summed E-state index contributed by atoms with van der Waals surface area (Å²) in [5.74, 6) is -2.05. The maximum atomic E-state index is 11.7. The van der Waals surface area contributed by atoms with Gasteiger partial charge in [-0.25, -0.2) is 9.59 Å². The van der Waals surface area contributed by atoms with Gasteiger partial charge in [0.05, 0.1) is 6.42 Å². The number of carbonyl (C=O) groups excluding carboxylic acids is 2. The van der Waals surface area contributed by atoms with Crippen molar-refractivity contribution in [3.05, 3.63) is 35.9 Å². The summed E-state index contributed by atoms with van der Waals surface area (Å²) in [4.78, 5) is 34.4. The lowest BCUT2D eigenvalue weighted by molar-refractivity contribution is -0.158. The average Bonchev–Trinajstić information content (AvgIpc) is 2.83. The molecule has 0 aromatic heterocycles. The van der Waals surface area contributed by atoms with E-state index in [-0.39, 0.29) is 6.61 Å². The van der Waals surface area contributed by atoms with Gasteiger partial charge in [0.25, 0.3) is 0 Å². The van der Waals surface area contributed by atoms with Crippen LogP contribution in [-0.2, 0) is 25.7 Å². The van der Waals surface area contributed by atoms with Crippen molar-refractivity contribution >= 4 is 18.0 Å². The highest BCUT2D eigenvalue weighted by Crippen LogP contribution is 2.22. The number of ether oxygens (including phenoxy) is 2. The predicted octanol–water partition coefficient (Wildman–Crippen LogP) is 5.34. The maximum absolute atomic E-state index is 11.7. The normalized spacial score (nSPS) is 17.8. The molecule has 0 radical (unpaired) electrons. The predicted molar refractivity (Wildman–Crippen MR) is 139 cm³/mol. The Labute approximate surface area is 215 Å². The van der Waals surface area contributed by atoms with E-state index >= 15 is 0 Å². The molecule has 202 valence electrons. The van der Waals surface area contributed by atoms with Crippen molar-refractivity contribution in [1.82, 2.24) is 10.6 Å². The molecule has 3 rings (SSSR count). The number of aliphatic carboxylic acids is 1. The molecule has 8 heteroatoms. The minimum Gasteiger partial charge on any atom is -0.480 e. The van der Waals surface area contributed by atoms with Gasteiger partial charge in [0.1, 0.15) is 18.2 Å². The highest BCUT2D eigenvalue weighted by molar-refractivity contribution is 5.85. The Morgan fingerprint density at radius 3 is 1.92 bits per heavy atom. The van der Waals surface area contributed by atoms with Gasteiger partial charge in [-0.2, -0.15) is 0 Å². The van der Waals surface area contributed by atoms with Crippen molar-refractivity contribution in [3.63, 3.8) is 0 Å². The fourth-order valence-electron chi connectivity index (χ4n) is 4.53. The molecule has 1 aromatic carbocycles. The van der Waals surface area contributed by atoms with Crippen molar-refractivity contribution in [2.24, 2.45) is 0 Å². The summed E-state index contributed by atoms with van der Waals surface area (Å²) in [6, 6.07) is 9.27. The Morgan fingerprint density at radius 2 is 1.44 bits per heavy atom. The van der Waals surface area contributed by atoms with E-state index < -0.39 is 36.1 Å². The first-order chi connectivity index (χ1) is 17.1. The summed E-state index contributed by atoms with van der Waals surface area (Å²) < 4.78 is 9.96. The number of amides is 1. The largest absolute Gasteiger partial charge is 0.480 e. The van der Waals surface area contributed by atoms with E-state index in [2.05, 4.69) is 10.6 Å². The SMILES string of the molecule is C1CCC(NC2CCCCC2)CC1.CC(C)(C)OC(=O)C[C@H](NC(=O)OCc1ccccc1)C(=O)O. The zero-order valence-electron chi connectivity index (χ0n) is 22.1. The molecule has 2 saturated carbocycles. The highest BCUT2D eigenvalue weighted by Gasteiger charge is 2.27. The van der Waals surface area contributed by atoms with Crippen molar-refractivity contribution < 1.29 is 29.0 Å². The number of carboxylic acids is 1. The maximum Gasteiger partial charge on any atom is 0.408 e. The number of esters is 1. The van der Waals surface area contributed by atoms with Crippen molar-refractivity contribution in [1.29, 1.82) is 0 Å². The van der Waals surface area contributed by atoms with E-state index in [0.717, 1.165) is 17.6 Å². The molecule has 8 nitrogen and oxygen atoms in total. The second kappa shape index (κ2) is 15.5. The summed E-state index contributed by atoms with van der Waals surface area (Å²) >= 11 is 0. The molecule has 0 heterocycles. The van der Waals surface area contributed by atoms with Crippen molar-refractivity contribution in [3.8, 4) is 0 Å². The molecule has 2 aliphatic rings. The van der Waals surface area contributed by atoms with Crippen molar-refractivity contribution in [2.45, 2.75) is 122 Å². The number of hydrogen-bond acceptors (Lipinski definition) is 6. The van der Waals surface area contributed by atoms with Crippen LogP contribution in [0.1, 0.15) is 97.0 Å². The van der Waals surface area contributed by atoms with E-state index in [1.807, 2.05) is 6.07 Å². The van der Waals surface area contributed by atoms with Crippen LogP contribution in [0.2, 0.25) is 0 Å². The van der Waals surface area contributed by atoms with Gasteiger partial charge in [-0.1, -0.05) is 68.9 Å². The van der Waals surface area contributed by atoms with Gasteiger partial charge in [-0.15, -0.1) is 0 Å². The molecule has 0 bridgehead atoms. The second-order valence-electron chi connectivity index (χ2n) is 10.7. The topological polar surface area (TPSA) is 114 Å². The lowest BCUT2D eigenvalue weighted by Gasteiger charge is -2.30. The average molecular weight is 505 g/mol. The van der Waals surface area contributed by atoms with Gasteiger partial charge in [0.2, 0.25) is 0 Å². The van der Waals surface area contributed by atoms with Crippen LogP contribution < -0.4 is 10.6 Å². The van der Waals surface area contributed by atoms with Crippen LogP contribution in [0.5, 0.6) is 0 Å². The molecule has 2 fully saturated rings. The van der Waals surface area contributed by atoms with Crippen LogP contribution in [0.3, 0.4) is 0 Å². The summed E-state index contributed by atoms with van der Waals surface area (Å²) in [5.41, 5.74) is 0.0372. The molecule has 2 aliphatic carbocycles. The third-order valence-electron chi connectivity index (χ3n) is 6.28. The summed E-state index contributed by atoms with van der Waals surface area (Å²) in [6.07, 6.45) is 13.2. The van der Waals surface area contributed by atoms with Crippen LogP contribution in [0.15, 0.2) is 30.3 Å². The molecule has 1 amide bonds. The number of benzene rings is 1. The Kier molecular flexibility index (Phi) is 12.7. The van der Waals surface area contributed by atoms with E-state index in [9.17, 15) is 14.4 Å². The van der Waals surface area contributed by atoms with E-state index in [1.54, 1.807) is 45.0 Å². The fraction of sp³-hybridized carbons (Fsp3) is 0.679. The molecule has 0 aliphatic heterocycles. The van der Waals surface area contributed by atoms with E-state index in [1.165, 1.54) is 64.2 Å². The number of rotatable bonds is 8. The van der Waals surface area contributed by atoms with Crippen LogP contribution in [0, 0.1) is 0 Å². The number of alkyl carbamates (subject to hydrolysis) is 1. The first kappa shape index (κ1) is 29.6. The van der Waals surface area contributed by atoms with Gasteiger partial charge in [-0.3, -0.25) is 4.79 Å². The van der Waals surface area contributed by atoms with Crippen LogP contribution in [0.25, 0.3) is 0 Å². The number of nitrogens with one attached hydrogen (secondary N) is 2. The van der Waals surface area contributed by atoms with Gasteiger partial charge in [0, 0.05) is 12.1 Å². The lowest BCUT2D eigenvalue weighted by atomic mass is 9.91.